The minimum Gasteiger partial charge on any atom is -0.309 e. The number of aromatic amines is 1. The molecule has 2 fully saturated rings. The highest BCUT2D eigenvalue weighted by atomic mass is 32.1. The van der Waals surface area contributed by atoms with E-state index in [1.165, 1.54) is 37.0 Å². The first-order valence-electron chi connectivity index (χ1n) is 6.94. The van der Waals surface area contributed by atoms with Gasteiger partial charge >= 0.3 is 0 Å². The molecule has 0 bridgehead atoms. The highest BCUT2D eigenvalue weighted by Crippen LogP contribution is 2.60. The first kappa shape index (κ1) is 11.6. The second-order valence-corrected chi connectivity index (χ2v) is 6.80. The maximum atomic E-state index is 11.8. The van der Waals surface area contributed by atoms with Gasteiger partial charge in [0.25, 0.3) is 5.56 Å². The first-order chi connectivity index (χ1) is 9.27. The van der Waals surface area contributed by atoms with Crippen molar-refractivity contribution >= 4 is 21.6 Å². The lowest BCUT2D eigenvalue weighted by atomic mass is 10.0. The number of nitrogens with zero attached hydrogens (tertiary/aromatic N) is 1. The average Bonchev–Trinajstić information content (AvgIpc) is 3.28. The molecule has 0 saturated heterocycles. The van der Waals surface area contributed by atoms with Crippen LogP contribution in [-0.4, -0.2) is 16.5 Å². The SMILES string of the molecule is O=c1[nH]c(CNCC2(C3CC3)CC2)nc2ccsc12. The molecule has 0 spiro atoms. The number of nitrogens with one attached hydrogen (secondary N) is 2. The molecule has 100 valence electrons. The first-order valence-corrected chi connectivity index (χ1v) is 7.82. The van der Waals surface area contributed by atoms with Gasteiger partial charge in [-0.1, -0.05) is 0 Å². The van der Waals surface area contributed by atoms with Gasteiger partial charge < -0.3 is 10.3 Å². The van der Waals surface area contributed by atoms with Crippen LogP contribution in [0.5, 0.6) is 0 Å². The van der Waals surface area contributed by atoms with Gasteiger partial charge in [-0.3, -0.25) is 4.79 Å². The van der Waals surface area contributed by atoms with Crippen molar-refractivity contribution in [2.75, 3.05) is 6.54 Å². The second-order valence-electron chi connectivity index (χ2n) is 5.89. The minimum absolute atomic E-state index is 0.0138. The molecule has 2 aliphatic rings. The van der Waals surface area contributed by atoms with Crippen molar-refractivity contribution in [3.05, 3.63) is 27.6 Å². The van der Waals surface area contributed by atoms with Crippen LogP contribution < -0.4 is 10.9 Å². The summed E-state index contributed by atoms with van der Waals surface area (Å²) >= 11 is 1.45. The van der Waals surface area contributed by atoms with Crippen LogP contribution in [0.15, 0.2) is 16.2 Å². The van der Waals surface area contributed by atoms with Crippen molar-refractivity contribution in [3.8, 4) is 0 Å². The molecule has 0 aliphatic heterocycles. The molecule has 5 heteroatoms. The van der Waals surface area contributed by atoms with E-state index in [1.54, 1.807) is 0 Å². The van der Waals surface area contributed by atoms with Crippen molar-refractivity contribution in [3.63, 3.8) is 0 Å². The summed E-state index contributed by atoms with van der Waals surface area (Å²) in [7, 11) is 0. The smallest absolute Gasteiger partial charge is 0.268 e. The fraction of sp³-hybridized carbons (Fsp3) is 0.571. The molecular weight excluding hydrogens is 258 g/mol. The summed E-state index contributed by atoms with van der Waals surface area (Å²) < 4.78 is 0.723. The Kier molecular flexibility index (Phi) is 2.53. The number of H-pyrrole nitrogens is 1. The normalized spacial score (nSPS) is 20.8. The Hall–Kier alpha value is -1.20. The second kappa shape index (κ2) is 4.15. The topological polar surface area (TPSA) is 57.8 Å². The number of rotatable bonds is 5. The van der Waals surface area contributed by atoms with E-state index in [1.807, 2.05) is 11.4 Å². The van der Waals surface area contributed by atoms with E-state index in [-0.39, 0.29) is 5.56 Å². The maximum absolute atomic E-state index is 11.8. The summed E-state index contributed by atoms with van der Waals surface area (Å²) in [5.74, 6) is 1.72. The molecule has 0 radical (unpaired) electrons. The molecule has 2 aliphatic carbocycles. The predicted molar refractivity (Wildman–Crippen MR) is 76.3 cm³/mol. The van der Waals surface area contributed by atoms with Gasteiger partial charge in [0.05, 0.1) is 12.1 Å². The third-order valence-corrected chi connectivity index (χ3v) is 5.37. The zero-order valence-corrected chi connectivity index (χ0v) is 11.6. The Morgan fingerprint density at radius 1 is 1.47 bits per heavy atom. The van der Waals surface area contributed by atoms with Crippen molar-refractivity contribution in [2.24, 2.45) is 11.3 Å². The zero-order valence-electron chi connectivity index (χ0n) is 10.7. The van der Waals surface area contributed by atoms with Crippen LogP contribution in [-0.2, 0) is 6.54 Å². The summed E-state index contributed by atoms with van der Waals surface area (Å²) in [5.41, 5.74) is 1.39. The Balaban J connectivity index is 1.45. The van der Waals surface area contributed by atoms with E-state index in [0.717, 1.165) is 28.5 Å². The van der Waals surface area contributed by atoms with E-state index < -0.39 is 0 Å². The molecule has 2 aromatic rings. The fourth-order valence-electron chi connectivity index (χ4n) is 3.02. The number of hydrogen-bond acceptors (Lipinski definition) is 4. The van der Waals surface area contributed by atoms with Crippen LogP contribution in [0.2, 0.25) is 0 Å². The summed E-state index contributed by atoms with van der Waals surface area (Å²) in [4.78, 5) is 19.2. The fourth-order valence-corrected chi connectivity index (χ4v) is 3.75. The molecule has 19 heavy (non-hydrogen) atoms. The van der Waals surface area contributed by atoms with Gasteiger partial charge in [0.2, 0.25) is 0 Å². The third kappa shape index (κ3) is 2.11. The molecular formula is C14H17N3OS. The molecule has 0 aromatic carbocycles. The van der Waals surface area contributed by atoms with Crippen molar-refractivity contribution in [1.29, 1.82) is 0 Å². The zero-order chi connectivity index (χ0) is 12.9. The van der Waals surface area contributed by atoms with E-state index in [4.69, 9.17) is 0 Å². The van der Waals surface area contributed by atoms with Gasteiger partial charge in [0.15, 0.2) is 0 Å². The highest BCUT2D eigenvalue weighted by Gasteiger charge is 2.53. The molecule has 4 nitrogen and oxygen atoms in total. The van der Waals surface area contributed by atoms with Crippen LogP contribution in [0.4, 0.5) is 0 Å². The van der Waals surface area contributed by atoms with Gasteiger partial charge in [0, 0.05) is 6.54 Å². The summed E-state index contributed by atoms with van der Waals surface area (Å²) in [6, 6.07) is 1.91. The van der Waals surface area contributed by atoms with Crippen LogP contribution >= 0.6 is 11.3 Å². The van der Waals surface area contributed by atoms with Gasteiger partial charge in [-0.05, 0) is 48.5 Å². The Labute approximate surface area is 115 Å². The van der Waals surface area contributed by atoms with Crippen LogP contribution in [0.25, 0.3) is 10.2 Å². The number of aromatic nitrogens is 2. The number of thiophene rings is 1. The molecule has 2 N–H and O–H groups in total. The van der Waals surface area contributed by atoms with E-state index in [0.29, 0.717) is 12.0 Å². The van der Waals surface area contributed by atoms with E-state index in [2.05, 4.69) is 15.3 Å². The van der Waals surface area contributed by atoms with Gasteiger partial charge in [0.1, 0.15) is 10.5 Å². The lowest BCUT2D eigenvalue weighted by Crippen LogP contribution is -2.26. The predicted octanol–water partition coefficient (Wildman–Crippen LogP) is 2.26. The van der Waals surface area contributed by atoms with Gasteiger partial charge in [-0.2, -0.15) is 0 Å². The third-order valence-electron chi connectivity index (χ3n) is 4.47. The quantitative estimate of drug-likeness (QED) is 0.880. The van der Waals surface area contributed by atoms with Crippen LogP contribution in [0, 0.1) is 11.3 Å². The summed E-state index contributed by atoms with van der Waals surface area (Å²) in [6.07, 6.45) is 5.58. The standard InChI is InChI=1S/C14H17N3OS/c18-13-12-10(3-6-19-12)16-11(17-13)7-15-8-14(4-5-14)9-1-2-9/h3,6,9,15H,1-2,4-5,7-8H2,(H,16,17,18). The van der Waals surface area contributed by atoms with Crippen molar-refractivity contribution < 1.29 is 0 Å². The van der Waals surface area contributed by atoms with Gasteiger partial charge in [-0.15, -0.1) is 11.3 Å². The maximum Gasteiger partial charge on any atom is 0.268 e. The largest absolute Gasteiger partial charge is 0.309 e. The van der Waals surface area contributed by atoms with E-state index >= 15 is 0 Å². The molecule has 0 unspecified atom stereocenters. The molecule has 0 atom stereocenters. The minimum atomic E-state index is -0.0138. The van der Waals surface area contributed by atoms with Crippen molar-refractivity contribution in [2.45, 2.75) is 32.2 Å². The summed E-state index contributed by atoms with van der Waals surface area (Å²) in [6.45, 7) is 1.73. The Morgan fingerprint density at radius 3 is 3.05 bits per heavy atom. The lowest BCUT2D eigenvalue weighted by Gasteiger charge is -2.14. The van der Waals surface area contributed by atoms with Crippen molar-refractivity contribution in [1.82, 2.24) is 15.3 Å². The number of hydrogen-bond donors (Lipinski definition) is 2. The van der Waals surface area contributed by atoms with Gasteiger partial charge in [-0.25, -0.2) is 4.98 Å². The van der Waals surface area contributed by atoms with Crippen LogP contribution in [0.3, 0.4) is 0 Å². The van der Waals surface area contributed by atoms with E-state index in [9.17, 15) is 4.79 Å². The van der Waals surface area contributed by atoms with Crippen LogP contribution in [0.1, 0.15) is 31.5 Å². The molecule has 2 saturated carbocycles. The molecule has 4 rings (SSSR count). The monoisotopic (exact) mass is 275 g/mol. The Bertz CT molecular complexity index is 667. The molecule has 2 aromatic heterocycles. The summed E-state index contributed by atoms with van der Waals surface area (Å²) in [5, 5.41) is 5.39. The Morgan fingerprint density at radius 2 is 2.32 bits per heavy atom. The highest BCUT2D eigenvalue weighted by molar-refractivity contribution is 7.17. The lowest BCUT2D eigenvalue weighted by molar-refractivity contribution is 0.401. The molecule has 0 amide bonds. The average molecular weight is 275 g/mol. The molecule has 2 heterocycles. The number of fused-ring (bicyclic) bond motifs is 1.